The standard InChI is InChI=1S/C10H19N5O3S/c1-3-5-12-10(16)14-19(17,18)8-7-15(6-4-2)13-9(8)11/h7H,3-6H2,1-2H3,(H2,11,13)(H2,12,14,16). The molecule has 0 spiro atoms. The van der Waals surface area contributed by atoms with Gasteiger partial charge in [0.1, 0.15) is 4.90 Å². The Bertz CT molecular complexity index is 537. The van der Waals surface area contributed by atoms with Crippen molar-refractivity contribution in [3.05, 3.63) is 6.20 Å². The molecule has 0 fully saturated rings. The number of anilines is 1. The maximum Gasteiger partial charge on any atom is 0.328 e. The van der Waals surface area contributed by atoms with Crippen LogP contribution in [-0.2, 0) is 16.6 Å². The summed E-state index contributed by atoms with van der Waals surface area (Å²) in [7, 11) is -3.99. The highest BCUT2D eigenvalue weighted by Crippen LogP contribution is 2.15. The number of aromatic nitrogens is 2. The molecule has 1 aromatic heterocycles. The average Bonchev–Trinajstić information content (AvgIpc) is 2.68. The van der Waals surface area contributed by atoms with E-state index in [1.165, 1.54) is 10.9 Å². The smallest absolute Gasteiger partial charge is 0.328 e. The van der Waals surface area contributed by atoms with Crippen LogP contribution in [-0.4, -0.2) is 30.8 Å². The van der Waals surface area contributed by atoms with E-state index in [0.717, 1.165) is 6.42 Å². The highest BCUT2D eigenvalue weighted by Gasteiger charge is 2.23. The van der Waals surface area contributed by atoms with Gasteiger partial charge in [0.25, 0.3) is 10.0 Å². The molecule has 0 unspecified atom stereocenters. The molecule has 1 heterocycles. The Balaban J connectivity index is 2.85. The van der Waals surface area contributed by atoms with E-state index in [0.29, 0.717) is 19.5 Å². The predicted molar refractivity (Wildman–Crippen MR) is 70.9 cm³/mol. The summed E-state index contributed by atoms with van der Waals surface area (Å²) in [6, 6.07) is -0.774. The number of hydrogen-bond donors (Lipinski definition) is 3. The number of carbonyl (C=O) groups excluding carboxylic acids is 1. The largest absolute Gasteiger partial charge is 0.381 e. The minimum atomic E-state index is -3.99. The normalized spacial score (nSPS) is 11.3. The van der Waals surface area contributed by atoms with Crippen molar-refractivity contribution >= 4 is 21.9 Å². The van der Waals surface area contributed by atoms with Crippen molar-refractivity contribution in [2.75, 3.05) is 12.3 Å². The average molecular weight is 289 g/mol. The molecule has 0 bridgehead atoms. The molecule has 0 atom stereocenters. The monoisotopic (exact) mass is 289 g/mol. The van der Waals surface area contributed by atoms with Crippen molar-refractivity contribution in [1.82, 2.24) is 19.8 Å². The first kappa shape index (κ1) is 15.3. The van der Waals surface area contributed by atoms with Gasteiger partial charge in [-0.15, -0.1) is 0 Å². The van der Waals surface area contributed by atoms with Crippen molar-refractivity contribution in [3.63, 3.8) is 0 Å². The summed E-state index contributed by atoms with van der Waals surface area (Å²) in [5.74, 6) is -0.121. The van der Waals surface area contributed by atoms with Crippen LogP contribution in [0, 0.1) is 0 Å². The lowest BCUT2D eigenvalue weighted by molar-refractivity contribution is 0.246. The van der Waals surface area contributed by atoms with Gasteiger partial charge < -0.3 is 11.1 Å². The topological polar surface area (TPSA) is 119 Å². The van der Waals surface area contributed by atoms with E-state index in [2.05, 4.69) is 10.4 Å². The number of urea groups is 1. The second-order valence-corrected chi connectivity index (χ2v) is 5.65. The third-order valence-corrected chi connectivity index (χ3v) is 3.61. The van der Waals surface area contributed by atoms with Gasteiger partial charge in [-0.05, 0) is 12.8 Å². The number of nitrogens with two attached hydrogens (primary N) is 1. The van der Waals surface area contributed by atoms with E-state index in [1.54, 1.807) is 0 Å². The van der Waals surface area contributed by atoms with Gasteiger partial charge >= 0.3 is 6.03 Å². The van der Waals surface area contributed by atoms with Crippen LogP contribution in [0.2, 0.25) is 0 Å². The van der Waals surface area contributed by atoms with E-state index < -0.39 is 16.1 Å². The molecular formula is C10H19N5O3S. The Hall–Kier alpha value is -1.77. The number of nitrogen functional groups attached to an aromatic ring is 1. The lowest BCUT2D eigenvalue weighted by atomic mass is 10.5. The van der Waals surface area contributed by atoms with Crippen molar-refractivity contribution in [2.45, 2.75) is 38.1 Å². The number of rotatable bonds is 6. The Morgan fingerprint density at radius 1 is 1.42 bits per heavy atom. The van der Waals surface area contributed by atoms with Crippen LogP contribution in [0.4, 0.5) is 10.6 Å². The fourth-order valence-electron chi connectivity index (χ4n) is 1.42. The Morgan fingerprint density at radius 2 is 2.11 bits per heavy atom. The third-order valence-electron chi connectivity index (χ3n) is 2.26. The van der Waals surface area contributed by atoms with E-state index in [1.807, 2.05) is 18.6 Å². The Morgan fingerprint density at radius 3 is 2.68 bits per heavy atom. The van der Waals surface area contributed by atoms with Gasteiger partial charge in [-0.25, -0.2) is 17.9 Å². The van der Waals surface area contributed by atoms with Crippen LogP contribution < -0.4 is 15.8 Å². The van der Waals surface area contributed by atoms with Gasteiger partial charge in [-0.2, -0.15) is 5.10 Å². The molecule has 0 saturated heterocycles. The van der Waals surface area contributed by atoms with Gasteiger partial charge in [0, 0.05) is 19.3 Å². The predicted octanol–water partition coefficient (Wildman–Crippen LogP) is 0.273. The van der Waals surface area contributed by atoms with Crippen molar-refractivity contribution < 1.29 is 13.2 Å². The first-order valence-electron chi connectivity index (χ1n) is 6.04. The minimum absolute atomic E-state index is 0.121. The molecule has 0 aliphatic heterocycles. The Labute approximate surface area is 112 Å². The zero-order chi connectivity index (χ0) is 14.5. The molecule has 0 aliphatic rings. The number of carbonyl (C=O) groups is 1. The molecule has 0 radical (unpaired) electrons. The highest BCUT2D eigenvalue weighted by molar-refractivity contribution is 7.90. The van der Waals surface area contributed by atoms with Gasteiger partial charge in [0.2, 0.25) is 0 Å². The van der Waals surface area contributed by atoms with Gasteiger partial charge in [0.05, 0.1) is 0 Å². The van der Waals surface area contributed by atoms with Crippen LogP contribution in [0.1, 0.15) is 26.7 Å². The quantitative estimate of drug-likeness (QED) is 0.694. The summed E-state index contributed by atoms with van der Waals surface area (Å²) >= 11 is 0. The molecule has 0 saturated carbocycles. The van der Waals surface area contributed by atoms with Gasteiger partial charge in [-0.1, -0.05) is 13.8 Å². The number of hydrogen-bond acceptors (Lipinski definition) is 5. The minimum Gasteiger partial charge on any atom is -0.381 e. The SMILES string of the molecule is CCCNC(=O)NS(=O)(=O)c1cn(CCC)nc1N. The second kappa shape index (κ2) is 6.41. The molecule has 1 aromatic rings. The Kier molecular flexibility index (Phi) is 5.16. The number of nitrogens with zero attached hydrogens (tertiary/aromatic N) is 2. The van der Waals surface area contributed by atoms with Crippen molar-refractivity contribution in [1.29, 1.82) is 0 Å². The molecular weight excluding hydrogens is 270 g/mol. The first-order valence-corrected chi connectivity index (χ1v) is 7.52. The van der Waals surface area contributed by atoms with Crippen LogP contribution in [0.25, 0.3) is 0 Å². The van der Waals surface area contributed by atoms with Crippen LogP contribution >= 0.6 is 0 Å². The highest BCUT2D eigenvalue weighted by atomic mass is 32.2. The van der Waals surface area contributed by atoms with E-state index in [-0.39, 0.29) is 10.7 Å². The second-order valence-electron chi connectivity index (χ2n) is 4.00. The van der Waals surface area contributed by atoms with Gasteiger partial charge in [-0.3, -0.25) is 4.68 Å². The zero-order valence-electron chi connectivity index (χ0n) is 11.0. The maximum atomic E-state index is 11.9. The number of sulfonamides is 1. The van der Waals surface area contributed by atoms with E-state index in [4.69, 9.17) is 5.73 Å². The summed E-state index contributed by atoms with van der Waals surface area (Å²) in [5, 5.41) is 6.29. The lowest BCUT2D eigenvalue weighted by Gasteiger charge is -2.06. The molecule has 8 nitrogen and oxygen atoms in total. The number of amides is 2. The summed E-state index contributed by atoms with van der Waals surface area (Å²) < 4.78 is 27.2. The molecule has 1 rings (SSSR count). The summed E-state index contributed by atoms with van der Waals surface area (Å²) in [4.78, 5) is 11.2. The molecule has 108 valence electrons. The van der Waals surface area contributed by atoms with Crippen LogP contribution in [0.5, 0.6) is 0 Å². The van der Waals surface area contributed by atoms with E-state index >= 15 is 0 Å². The summed E-state index contributed by atoms with van der Waals surface area (Å²) in [6.45, 7) is 4.75. The molecule has 9 heteroatoms. The molecule has 4 N–H and O–H groups in total. The summed E-state index contributed by atoms with van der Waals surface area (Å²) in [5.41, 5.74) is 5.55. The molecule has 0 aromatic carbocycles. The fraction of sp³-hybridized carbons (Fsp3) is 0.600. The first-order chi connectivity index (χ1) is 8.90. The fourth-order valence-corrected chi connectivity index (χ4v) is 2.42. The number of aryl methyl sites for hydroxylation is 1. The van der Waals surface area contributed by atoms with Crippen molar-refractivity contribution in [2.24, 2.45) is 0 Å². The zero-order valence-corrected chi connectivity index (χ0v) is 11.8. The van der Waals surface area contributed by atoms with Crippen molar-refractivity contribution in [3.8, 4) is 0 Å². The summed E-state index contributed by atoms with van der Waals surface area (Å²) in [6.07, 6.45) is 2.82. The van der Waals surface area contributed by atoms with Crippen LogP contribution in [0.3, 0.4) is 0 Å². The third kappa shape index (κ3) is 4.12. The molecule has 2 amide bonds. The maximum absolute atomic E-state index is 11.9. The van der Waals surface area contributed by atoms with E-state index in [9.17, 15) is 13.2 Å². The lowest BCUT2D eigenvalue weighted by Crippen LogP contribution is -2.39. The molecule has 0 aliphatic carbocycles. The molecule has 19 heavy (non-hydrogen) atoms. The number of nitrogens with one attached hydrogen (secondary N) is 2. The van der Waals surface area contributed by atoms with Gasteiger partial charge in [0.15, 0.2) is 5.82 Å². The van der Waals surface area contributed by atoms with Crippen LogP contribution in [0.15, 0.2) is 11.1 Å².